The fourth-order valence-electron chi connectivity index (χ4n) is 1.90. The van der Waals surface area contributed by atoms with E-state index in [1.165, 1.54) is 26.4 Å². The molecule has 0 heterocycles. The molecule has 0 amide bonds. The Kier molecular flexibility index (Phi) is 4.88. The zero-order valence-corrected chi connectivity index (χ0v) is 12.1. The van der Waals surface area contributed by atoms with Gasteiger partial charge in [0, 0.05) is 11.6 Å². The first-order valence-corrected chi connectivity index (χ1v) is 6.44. The molecule has 0 atom stereocenters. The first kappa shape index (κ1) is 15.7. The van der Waals surface area contributed by atoms with Crippen molar-refractivity contribution in [3.63, 3.8) is 0 Å². The summed E-state index contributed by atoms with van der Waals surface area (Å²) in [6, 6.07) is 7.81. The van der Waals surface area contributed by atoms with Crippen LogP contribution >= 0.6 is 0 Å². The minimum atomic E-state index is -0.766. The molecule has 0 unspecified atom stereocenters. The topological polar surface area (TPSA) is 35.5 Å². The summed E-state index contributed by atoms with van der Waals surface area (Å²) < 4.78 is 36.9. The molecule has 22 heavy (non-hydrogen) atoms. The Morgan fingerprint density at radius 3 is 2.50 bits per heavy atom. The van der Waals surface area contributed by atoms with Crippen LogP contribution in [0.2, 0.25) is 0 Å². The zero-order valence-electron chi connectivity index (χ0n) is 12.1. The Bertz CT molecular complexity index is 724. The Morgan fingerprint density at radius 2 is 1.82 bits per heavy atom. The van der Waals surface area contributed by atoms with E-state index in [4.69, 9.17) is 9.47 Å². The standard InChI is InChI=1S/C17H14F2O3/c1-21-13-6-3-11(17(10-13)22-2)4-8-16(20)14-9-12(18)5-7-15(14)19/h3-10H,1-2H3. The fourth-order valence-corrected chi connectivity index (χ4v) is 1.90. The maximum absolute atomic E-state index is 13.5. The van der Waals surface area contributed by atoms with Gasteiger partial charge in [0.25, 0.3) is 0 Å². The summed E-state index contributed by atoms with van der Waals surface area (Å²) in [5, 5.41) is 0. The van der Waals surface area contributed by atoms with Crippen LogP contribution in [0.5, 0.6) is 11.5 Å². The van der Waals surface area contributed by atoms with Gasteiger partial charge in [0.2, 0.25) is 0 Å². The first-order valence-electron chi connectivity index (χ1n) is 6.44. The molecular formula is C17H14F2O3. The summed E-state index contributed by atoms with van der Waals surface area (Å²) in [6.07, 6.45) is 2.65. The van der Waals surface area contributed by atoms with E-state index in [1.54, 1.807) is 18.2 Å². The third-order valence-corrected chi connectivity index (χ3v) is 3.05. The van der Waals surface area contributed by atoms with Gasteiger partial charge in [-0.15, -0.1) is 0 Å². The van der Waals surface area contributed by atoms with Gasteiger partial charge < -0.3 is 9.47 Å². The Labute approximate surface area is 126 Å². The molecule has 0 aliphatic carbocycles. The van der Waals surface area contributed by atoms with Crippen LogP contribution in [0.15, 0.2) is 42.5 Å². The van der Waals surface area contributed by atoms with Crippen LogP contribution in [-0.4, -0.2) is 20.0 Å². The minimum Gasteiger partial charge on any atom is -0.497 e. The molecule has 0 saturated heterocycles. The van der Waals surface area contributed by atoms with Gasteiger partial charge in [0.05, 0.1) is 19.8 Å². The van der Waals surface area contributed by atoms with Crippen LogP contribution in [0, 0.1) is 11.6 Å². The normalized spacial score (nSPS) is 10.7. The number of ketones is 1. The largest absolute Gasteiger partial charge is 0.497 e. The Balaban J connectivity index is 2.28. The van der Waals surface area contributed by atoms with Crippen molar-refractivity contribution in [1.82, 2.24) is 0 Å². The van der Waals surface area contributed by atoms with E-state index in [9.17, 15) is 13.6 Å². The van der Waals surface area contributed by atoms with Crippen molar-refractivity contribution >= 4 is 11.9 Å². The SMILES string of the molecule is COc1ccc(C=CC(=O)c2cc(F)ccc2F)c(OC)c1. The molecule has 5 heteroatoms. The molecule has 0 spiro atoms. The highest BCUT2D eigenvalue weighted by molar-refractivity contribution is 6.07. The minimum absolute atomic E-state index is 0.316. The average molecular weight is 304 g/mol. The van der Waals surface area contributed by atoms with Gasteiger partial charge in [-0.1, -0.05) is 0 Å². The number of hydrogen-bond donors (Lipinski definition) is 0. The predicted molar refractivity (Wildman–Crippen MR) is 79.3 cm³/mol. The van der Waals surface area contributed by atoms with Gasteiger partial charge in [-0.3, -0.25) is 4.79 Å². The van der Waals surface area contributed by atoms with Crippen LogP contribution < -0.4 is 9.47 Å². The monoisotopic (exact) mass is 304 g/mol. The molecule has 2 aromatic carbocycles. The molecule has 2 aromatic rings. The van der Waals surface area contributed by atoms with Crippen molar-refractivity contribution in [2.24, 2.45) is 0 Å². The number of benzene rings is 2. The highest BCUT2D eigenvalue weighted by Gasteiger charge is 2.10. The predicted octanol–water partition coefficient (Wildman–Crippen LogP) is 3.88. The average Bonchev–Trinajstić information content (AvgIpc) is 2.54. The summed E-state index contributed by atoms with van der Waals surface area (Å²) >= 11 is 0. The molecule has 0 saturated carbocycles. The maximum atomic E-state index is 13.5. The maximum Gasteiger partial charge on any atom is 0.188 e. The second-order valence-corrected chi connectivity index (χ2v) is 4.43. The molecule has 0 N–H and O–H groups in total. The number of carbonyl (C=O) groups excluding carboxylic acids is 1. The number of halogens is 2. The molecule has 0 aliphatic rings. The molecule has 0 fully saturated rings. The van der Waals surface area contributed by atoms with Gasteiger partial charge in [0.15, 0.2) is 5.78 Å². The number of carbonyl (C=O) groups is 1. The smallest absolute Gasteiger partial charge is 0.188 e. The molecule has 0 aromatic heterocycles. The van der Waals surface area contributed by atoms with E-state index in [0.29, 0.717) is 17.1 Å². The van der Waals surface area contributed by atoms with E-state index in [0.717, 1.165) is 18.2 Å². The highest BCUT2D eigenvalue weighted by Crippen LogP contribution is 2.25. The van der Waals surface area contributed by atoms with Crippen LogP contribution in [0.4, 0.5) is 8.78 Å². The Morgan fingerprint density at radius 1 is 1.05 bits per heavy atom. The second-order valence-electron chi connectivity index (χ2n) is 4.43. The first-order chi connectivity index (χ1) is 10.5. The lowest BCUT2D eigenvalue weighted by Crippen LogP contribution is -1.99. The molecular weight excluding hydrogens is 290 g/mol. The molecule has 0 bridgehead atoms. The summed E-state index contributed by atoms with van der Waals surface area (Å²) in [6.45, 7) is 0. The van der Waals surface area contributed by atoms with Gasteiger partial charge in [-0.25, -0.2) is 8.78 Å². The summed E-state index contributed by atoms with van der Waals surface area (Å²) in [5.41, 5.74) is 0.303. The second kappa shape index (κ2) is 6.85. The molecule has 0 radical (unpaired) electrons. The van der Waals surface area contributed by atoms with Crippen molar-refractivity contribution in [2.45, 2.75) is 0 Å². The highest BCUT2D eigenvalue weighted by atomic mass is 19.1. The molecule has 0 aliphatic heterocycles. The van der Waals surface area contributed by atoms with Crippen LogP contribution in [0.25, 0.3) is 6.08 Å². The fraction of sp³-hybridized carbons (Fsp3) is 0.118. The lowest BCUT2D eigenvalue weighted by Gasteiger charge is -2.07. The van der Waals surface area contributed by atoms with Crippen molar-refractivity contribution in [2.75, 3.05) is 14.2 Å². The zero-order chi connectivity index (χ0) is 16.1. The van der Waals surface area contributed by atoms with Gasteiger partial charge >= 0.3 is 0 Å². The lowest BCUT2D eigenvalue weighted by atomic mass is 10.1. The van der Waals surface area contributed by atoms with Crippen molar-refractivity contribution in [1.29, 1.82) is 0 Å². The van der Waals surface area contributed by atoms with E-state index < -0.39 is 17.4 Å². The molecule has 114 valence electrons. The van der Waals surface area contributed by atoms with Gasteiger partial charge in [-0.05, 0) is 42.5 Å². The van der Waals surface area contributed by atoms with E-state index in [1.807, 2.05) is 0 Å². The van der Waals surface area contributed by atoms with Crippen LogP contribution in [0.3, 0.4) is 0 Å². The van der Waals surface area contributed by atoms with Crippen molar-refractivity contribution in [3.8, 4) is 11.5 Å². The van der Waals surface area contributed by atoms with Crippen LogP contribution in [0.1, 0.15) is 15.9 Å². The van der Waals surface area contributed by atoms with Crippen LogP contribution in [-0.2, 0) is 0 Å². The van der Waals surface area contributed by atoms with Crippen molar-refractivity contribution < 1.29 is 23.0 Å². The summed E-state index contributed by atoms with van der Waals surface area (Å²) in [5.74, 6) is -0.951. The van der Waals surface area contributed by atoms with Gasteiger partial charge in [-0.2, -0.15) is 0 Å². The molecule has 3 nitrogen and oxygen atoms in total. The summed E-state index contributed by atoms with van der Waals surface area (Å²) in [7, 11) is 3.01. The van der Waals surface area contributed by atoms with Crippen molar-refractivity contribution in [3.05, 3.63) is 65.2 Å². The van der Waals surface area contributed by atoms with Gasteiger partial charge in [0.1, 0.15) is 23.1 Å². The third-order valence-electron chi connectivity index (χ3n) is 3.05. The van der Waals surface area contributed by atoms with E-state index in [-0.39, 0.29) is 5.56 Å². The lowest BCUT2D eigenvalue weighted by molar-refractivity contribution is 0.104. The number of rotatable bonds is 5. The number of allylic oxidation sites excluding steroid dienone is 1. The third kappa shape index (κ3) is 3.49. The number of hydrogen-bond acceptors (Lipinski definition) is 3. The van der Waals surface area contributed by atoms with E-state index >= 15 is 0 Å². The quantitative estimate of drug-likeness (QED) is 0.621. The number of ether oxygens (including phenoxy) is 2. The Hall–Kier alpha value is -2.69. The molecule has 2 rings (SSSR count). The number of methoxy groups -OCH3 is 2. The van der Waals surface area contributed by atoms with E-state index in [2.05, 4.69) is 0 Å². The summed E-state index contributed by atoms with van der Waals surface area (Å²) in [4.78, 5) is 12.0.